The van der Waals surface area contributed by atoms with Crippen molar-refractivity contribution in [2.45, 2.75) is 59.1 Å². The fraction of sp³-hybridized carbons (Fsp3) is 0.478. The lowest BCUT2D eigenvalue weighted by molar-refractivity contribution is 0.269. The molecule has 2 aromatic carbocycles. The van der Waals surface area contributed by atoms with Crippen LogP contribution in [0.25, 0.3) is 0 Å². The standard InChI is InChI=1S/C23H31Cl2NO2/c1-3-5-6-7-10-13-26-16-19-14-22(27-4-2)23(15-21(19)25)28-17-18-11-8-9-12-20(18)24/h8-9,11-12,14-15,26H,3-7,10,13,16-17H2,1-2H3. The summed E-state index contributed by atoms with van der Waals surface area (Å²) in [4.78, 5) is 0. The second-order valence-electron chi connectivity index (χ2n) is 6.79. The first-order chi connectivity index (χ1) is 13.7. The van der Waals surface area contributed by atoms with Gasteiger partial charge in [-0.1, -0.05) is 74.0 Å². The fourth-order valence-corrected chi connectivity index (χ4v) is 3.35. The maximum absolute atomic E-state index is 6.49. The normalized spacial score (nSPS) is 10.9. The van der Waals surface area contributed by atoms with E-state index >= 15 is 0 Å². The fourth-order valence-electron chi connectivity index (χ4n) is 2.94. The lowest BCUT2D eigenvalue weighted by Gasteiger charge is -2.16. The minimum absolute atomic E-state index is 0.367. The van der Waals surface area contributed by atoms with Gasteiger partial charge in [0.1, 0.15) is 6.61 Å². The van der Waals surface area contributed by atoms with Gasteiger partial charge in [-0.2, -0.15) is 0 Å². The van der Waals surface area contributed by atoms with E-state index in [1.165, 1.54) is 32.1 Å². The van der Waals surface area contributed by atoms with Crippen molar-refractivity contribution in [1.82, 2.24) is 5.32 Å². The van der Waals surface area contributed by atoms with Gasteiger partial charge in [0.05, 0.1) is 6.61 Å². The number of unbranched alkanes of at least 4 members (excludes halogenated alkanes) is 4. The van der Waals surface area contributed by atoms with Crippen LogP contribution in [0.2, 0.25) is 10.0 Å². The van der Waals surface area contributed by atoms with E-state index < -0.39 is 0 Å². The predicted octanol–water partition coefficient (Wildman–Crippen LogP) is 7.03. The Hall–Kier alpha value is -1.42. The van der Waals surface area contributed by atoms with Crippen LogP contribution >= 0.6 is 23.2 Å². The molecular weight excluding hydrogens is 393 g/mol. The molecule has 0 fully saturated rings. The quantitative estimate of drug-likeness (QED) is 0.350. The molecule has 0 heterocycles. The molecular formula is C23H31Cl2NO2. The van der Waals surface area contributed by atoms with Crippen molar-refractivity contribution < 1.29 is 9.47 Å². The zero-order chi connectivity index (χ0) is 20.2. The van der Waals surface area contributed by atoms with Crippen LogP contribution in [-0.4, -0.2) is 13.2 Å². The highest BCUT2D eigenvalue weighted by atomic mass is 35.5. The SMILES string of the molecule is CCCCCCCNCc1cc(OCC)c(OCc2ccccc2Cl)cc1Cl. The Bertz CT molecular complexity index is 722. The Balaban J connectivity index is 1.95. The Kier molecular flexibility index (Phi) is 10.6. The topological polar surface area (TPSA) is 30.5 Å². The molecule has 28 heavy (non-hydrogen) atoms. The summed E-state index contributed by atoms with van der Waals surface area (Å²) in [6, 6.07) is 11.5. The zero-order valence-electron chi connectivity index (χ0n) is 16.9. The van der Waals surface area contributed by atoms with E-state index in [0.29, 0.717) is 34.8 Å². The smallest absolute Gasteiger partial charge is 0.163 e. The summed E-state index contributed by atoms with van der Waals surface area (Å²) >= 11 is 12.7. The van der Waals surface area contributed by atoms with E-state index in [-0.39, 0.29) is 0 Å². The molecule has 0 saturated heterocycles. The van der Waals surface area contributed by atoms with E-state index in [4.69, 9.17) is 32.7 Å². The summed E-state index contributed by atoms with van der Waals surface area (Å²) < 4.78 is 11.7. The molecule has 0 bridgehead atoms. The predicted molar refractivity (Wildman–Crippen MR) is 119 cm³/mol. The first-order valence-corrected chi connectivity index (χ1v) is 10.9. The van der Waals surface area contributed by atoms with Crippen LogP contribution in [0.5, 0.6) is 11.5 Å². The summed E-state index contributed by atoms with van der Waals surface area (Å²) in [5.41, 5.74) is 1.94. The van der Waals surface area contributed by atoms with Crippen molar-refractivity contribution >= 4 is 23.2 Å². The number of ether oxygens (including phenoxy) is 2. The maximum atomic E-state index is 6.49. The molecule has 0 radical (unpaired) electrons. The molecule has 0 aliphatic heterocycles. The van der Waals surface area contributed by atoms with Crippen molar-refractivity contribution in [3.05, 3.63) is 57.6 Å². The number of nitrogens with one attached hydrogen (secondary N) is 1. The van der Waals surface area contributed by atoms with Gasteiger partial charge in [-0.25, -0.2) is 0 Å². The maximum Gasteiger partial charge on any atom is 0.163 e. The highest BCUT2D eigenvalue weighted by molar-refractivity contribution is 6.31. The summed E-state index contributed by atoms with van der Waals surface area (Å²) in [5.74, 6) is 1.34. The van der Waals surface area contributed by atoms with Crippen LogP contribution in [0.15, 0.2) is 36.4 Å². The van der Waals surface area contributed by atoms with Gasteiger partial charge in [0, 0.05) is 28.2 Å². The van der Waals surface area contributed by atoms with Crippen molar-refractivity contribution in [1.29, 1.82) is 0 Å². The molecule has 0 amide bonds. The third-order valence-electron chi connectivity index (χ3n) is 4.53. The molecule has 0 aliphatic rings. The molecule has 154 valence electrons. The number of hydrogen-bond donors (Lipinski definition) is 1. The Morgan fingerprint density at radius 1 is 0.821 bits per heavy atom. The van der Waals surface area contributed by atoms with E-state index in [9.17, 15) is 0 Å². The summed E-state index contributed by atoms with van der Waals surface area (Å²) in [6.07, 6.45) is 6.36. The molecule has 2 aromatic rings. The van der Waals surface area contributed by atoms with Gasteiger partial charge >= 0.3 is 0 Å². The lowest BCUT2D eigenvalue weighted by atomic mass is 10.1. The summed E-state index contributed by atoms with van der Waals surface area (Å²) in [5, 5.41) is 4.84. The Morgan fingerprint density at radius 2 is 1.57 bits per heavy atom. The average molecular weight is 424 g/mol. The molecule has 1 N–H and O–H groups in total. The Labute approximate surface area is 179 Å². The Morgan fingerprint density at radius 3 is 2.32 bits per heavy atom. The van der Waals surface area contributed by atoms with Crippen molar-refractivity contribution in [3.8, 4) is 11.5 Å². The monoisotopic (exact) mass is 423 g/mol. The minimum Gasteiger partial charge on any atom is -0.490 e. The molecule has 2 rings (SSSR count). The second-order valence-corrected chi connectivity index (χ2v) is 7.61. The van der Waals surface area contributed by atoms with Crippen LogP contribution in [-0.2, 0) is 13.2 Å². The molecule has 0 aliphatic carbocycles. The van der Waals surface area contributed by atoms with E-state index in [0.717, 1.165) is 24.2 Å². The highest BCUT2D eigenvalue weighted by Gasteiger charge is 2.12. The number of benzene rings is 2. The van der Waals surface area contributed by atoms with Crippen molar-refractivity contribution in [2.75, 3.05) is 13.2 Å². The first kappa shape index (κ1) is 22.9. The summed E-state index contributed by atoms with van der Waals surface area (Å²) in [7, 11) is 0. The number of rotatable bonds is 13. The third-order valence-corrected chi connectivity index (χ3v) is 5.25. The van der Waals surface area contributed by atoms with Crippen molar-refractivity contribution in [2.24, 2.45) is 0 Å². The van der Waals surface area contributed by atoms with Gasteiger partial charge < -0.3 is 14.8 Å². The highest BCUT2D eigenvalue weighted by Crippen LogP contribution is 2.34. The summed E-state index contributed by atoms with van der Waals surface area (Å²) in [6.45, 7) is 6.84. The van der Waals surface area contributed by atoms with Crippen LogP contribution in [0, 0.1) is 0 Å². The zero-order valence-corrected chi connectivity index (χ0v) is 18.4. The molecule has 0 saturated carbocycles. The van der Waals surface area contributed by atoms with Gasteiger partial charge in [0.25, 0.3) is 0 Å². The minimum atomic E-state index is 0.367. The van der Waals surface area contributed by atoms with Crippen LogP contribution < -0.4 is 14.8 Å². The van der Waals surface area contributed by atoms with Crippen LogP contribution in [0.4, 0.5) is 0 Å². The number of hydrogen-bond acceptors (Lipinski definition) is 3. The van der Waals surface area contributed by atoms with Gasteiger partial charge in [-0.05, 0) is 37.6 Å². The van der Waals surface area contributed by atoms with Gasteiger partial charge in [-0.15, -0.1) is 0 Å². The third kappa shape index (κ3) is 7.54. The van der Waals surface area contributed by atoms with Gasteiger partial charge in [0.2, 0.25) is 0 Å². The van der Waals surface area contributed by atoms with E-state index in [1.54, 1.807) is 0 Å². The molecule has 0 aromatic heterocycles. The first-order valence-electron chi connectivity index (χ1n) is 10.2. The van der Waals surface area contributed by atoms with Gasteiger partial charge in [-0.3, -0.25) is 0 Å². The molecule has 0 atom stereocenters. The molecule has 0 unspecified atom stereocenters. The molecule has 0 spiro atoms. The van der Waals surface area contributed by atoms with Crippen LogP contribution in [0.3, 0.4) is 0 Å². The van der Waals surface area contributed by atoms with E-state index in [1.807, 2.05) is 43.3 Å². The molecule has 3 nitrogen and oxygen atoms in total. The number of halogens is 2. The largest absolute Gasteiger partial charge is 0.490 e. The van der Waals surface area contributed by atoms with Crippen LogP contribution in [0.1, 0.15) is 57.1 Å². The second kappa shape index (κ2) is 12.9. The van der Waals surface area contributed by atoms with Crippen molar-refractivity contribution in [3.63, 3.8) is 0 Å². The van der Waals surface area contributed by atoms with Gasteiger partial charge in [0.15, 0.2) is 11.5 Å². The average Bonchev–Trinajstić information content (AvgIpc) is 2.69. The van der Waals surface area contributed by atoms with E-state index in [2.05, 4.69) is 12.2 Å². The molecule has 5 heteroatoms. The lowest BCUT2D eigenvalue weighted by Crippen LogP contribution is -2.15.